The average molecular weight is 258 g/mol. The number of nitrogens with one attached hydrogen (secondary N) is 2. The Bertz CT molecular complexity index is 586. The predicted octanol–water partition coefficient (Wildman–Crippen LogP) is 0.396. The minimum Gasteiger partial charge on any atom is -0.345 e. The zero-order chi connectivity index (χ0) is 13.7. The maximum atomic E-state index is 11.9. The minimum absolute atomic E-state index is 0.198. The van der Waals surface area contributed by atoms with Crippen LogP contribution in [-0.2, 0) is 6.54 Å². The van der Waals surface area contributed by atoms with Crippen molar-refractivity contribution in [2.45, 2.75) is 13.5 Å². The van der Waals surface area contributed by atoms with Gasteiger partial charge in [0.15, 0.2) is 5.82 Å². The molecular formula is C12H14N6O. The fourth-order valence-corrected chi connectivity index (χ4v) is 1.50. The molecule has 0 fully saturated rings. The molecule has 0 saturated heterocycles. The Morgan fingerprint density at radius 3 is 3.00 bits per heavy atom. The molecule has 2 rings (SSSR count). The summed E-state index contributed by atoms with van der Waals surface area (Å²) in [5.41, 5.74) is 4.37. The van der Waals surface area contributed by atoms with E-state index in [9.17, 15) is 4.79 Å². The number of carbonyl (C=O) groups excluding carboxylic acids is 1. The number of hydrazine groups is 1. The molecule has 0 spiro atoms. The Hall–Kier alpha value is -2.54. The molecule has 2 heterocycles. The van der Waals surface area contributed by atoms with Crippen LogP contribution in [0.3, 0.4) is 0 Å². The summed E-state index contributed by atoms with van der Waals surface area (Å²) in [6.45, 7) is 2.28. The van der Waals surface area contributed by atoms with E-state index < -0.39 is 0 Å². The number of hydrogen-bond donors (Lipinski definition) is 3. The van der Waals surface area contributed by atoms with Crippen LogP contribution in [0.1, 0.15) is 21.7 Å². The summed E-state index contributed by atoms with van der Waals surface area (Å²) in [6.07, 6.45) is 4.49. The lowest BCUT2D eigenvalue weighted by Gasteiger charge is -2.07. The molecule has 0 aromatic carbocycles. The van der Waals surface area contributed by atoms with Crippen LogP contribution in [0.2, 0.25) is 0 Å². The number of rotatable bonds is 4. The second kappa shape index (κ2) is 5.87. The van der Waals surface area contributed by atoms with E-state index in [-0.39, 0.29) is 11.6 Å². The third kappa shape index (κ3) is 3.23. The maximum Gasteiger partial charge on any atom is 0.271 e. The topological polar surface area (TPSA) is 106 Å². The molecule has 7 nitrogen and oxygen atoms in total. The first-order valence-corrected chi connectivity index (χ1v) is 5.68. The molecule has 0 unspecified atom stereocenters. The normalized spacial score (nSPS) is 10.0. The predicted molar refractivity (Wildman–Crippen MR) is 70.0 cm³/mol. The van der Waals surface area contributed by atoms with Gasteiger partial charge < -0.3 is 10.7 Å². The minimum atomic E-state index is -0.324. The maximum absolute atomic E-state index is 11.9. The summed E-state index contributed by atoms with van der Waals surface area (Å²) >= 11 is 0. The van der Waals surface area contributed by atoms with Gasteiger partial charge in [-0.15, -0.1) is 0 Å². The first kappa shape index (κ1) is 12.9. The highest BCUT2D eigenvalue weighted by Crippen LogP contribution is 2.04. The van der Waals surface area contributed by atoms with Gasteiger partial charge in [-0.3, -0.25) is 14.8 Å². The van der Waals surface area contributed by atoms with E-state index >= 15 is 0 Å². The van der Waals surface area contributed by atoms with Gasteiger partial charge in [0.25, 0.3) is 5.91 Å². The third-order valence-corrected chi connectivity index (χ3v) is 2.55. The number of amides is 1. The van der Waals surface area contributed by atoms with Gasteiger partial charge in [-0.05, 0) is 18.6 Å². The lowest BCUT2D eigenvalue weighted by molar-refractivity contribution is 0.0945. The van der Waals surface area contributed by atoms with Gasteiger partial charge in [0.05, 0.1) is 24.6 Å². The smallest absolute Gasteiger partial charge is 0.271 e. The van der Waals surface area contributed by atoms with Gasteiger partial charge in [0, 0.05) is 6.20 Å². The molecule has 1 amide bonds. The molecule has 7 heteroatoms. The molecule has 0 atom stereocenters. The van der Waals surface area contributed by atoms with Crippen molar-refractivity contribution in [1.29, 1.82) is 0 Å². The Labute approximate surface area is 110 Å². The van der Waals surface area contributed by atoms with Gasteiger partial charge in [0.2, 0.25) is 0 Å². The van der Waals surface area contributed by atoms with E-state index in [0.717, 1.165) is 11.3 Å². The highest BCUT2D eigenvalue weighted by atomic mass is 16.1. The van der Waals surface area contributed by atoms with Crippen molar-refractivity contribution in [2.75, 3.05) is 5.43 Å². The molecule has 2 aromatic rings. The zero-order valence-electron chi connectivity index (χ0n) is 10.4. The third-order valence-electron chi connectivity index (χ3n) is 2.55. The van der Waals surface area contributed by atoms with E-state index in [4.69, 9.17) is 5.84 Å². The first-order valence-electron chi connectivity index (χ1n) is 5.68. The molecule has 4 N–H and O–H groups in total. The molecule has 2 aromatic heterocycles. The van der Waals surface area contributed by atoms with Crippen molar-refractivity contribution < 1.29 is 4.79 Å². The summed E-state index contributed by atoms with van der Waals surface area (Å²) < 4.78 is 0. The highest BCUT2D eigenvalue weighted by Gasteiger charge is 2.09. The van der Waals surface area contributed by atoms with Crippen molar-refractivity contribution >= 4 is 11.7 Å². The Balaban J connectivity index is 2.03. The van der Waals surface area contributed by atoms with Crippen LogP contribution in [0.5, 0.6) is 0 Å². The molecule has 19 heavy (non-hydrogen) atoms. The monoisotopic (exact) mass is 258 g/mol. The van der Waals surface area contributed by atoms with Crippen LogP contribution in [0.15, 0.2) is 30.7 Å². The van der Waals surface area contributed by atoms with E-state index in [0.29, 0.717) is 12.4 Å². The zero-order valence-corrected chi connectivity index (χ0v) is 10.4. The molecule has 0 aliphatic heterocycles. The molecule has 0 saturated carbocycles. The van der Waals surface area contributed by atoms with E-state index in [1.54, 1.807) is 6.20 Å². The standard InChI is InChI=1S/C12H14N6O/c1-8-3-2-4-15-9(8)6-16-12(19)10-5-14-7-11(17-10)18-13/h2-5,7H,6,13H2,1H3,(H,16,19)(H,17,18). The number of nitrogens with two attached hydrogens (primary N) is 1. The lowest BCUT2D eigenvalue weighted by atomic mass is 10.2. The second-order valence-corrected chi connectivity index (χ2v) is 3.88. The summed E-state index contributed by atoms with van der Waals surface area (Å²) in [7, 11) is 0. The van der Waals surface area contributed by atoms with Crippen LogP contribution >= 0.6 is 0 Å². The summed E-state index contributed by atoms with van der Waals surface area (Å²) in [5.74, 6) is 5.22. The molecule has 0 aliphatic carbocycles. The van der Waals surface area contributed by atoms with Gasteiger partial charge in [-0.2, -0.15) is 0 Å². The Morgan fingerprint density at radius 1 is 1.42 bits per heavy atom. The van der Waals surface area contributed by atoms with Gasteiger partial charge >= 0.3 is 0 Å². The average Bonchev–Trinajstić information content (AvgIpc) is 2.46. The van der Waals surface area contributed by atoms with Crippen LogP contribution in [0.4, 0.5) is 5.82 Å². The number of aryl methyl sites for hydroxylation is 1. The lowest BCUT2D eigenvalue weighted by Crippen LogP contribution is -2.25. The van der Waals surface area contributed by atoms with Crippen LogP contribution in [-0.4, -0.2) is 20.9 Å². The van der Waals surface area contributed by atoms with Gasteiger partial charge in [-0.25, -0.2) is 10.8 Å². The van der Waals surface area contributed by atoms with Gasteiger partial charge in [-0.1, -0.05) is 6.07 Å². The first-order chi connectivity index (χ1) is 9.20. The van der Waals surface area contributed by atoms with E-state index in [1.165, 1.54) is 12.4 Å². The second-order valence-electron chi connectivity index (χ2n) is 3.88. The molecule has 0 radical (unpaired) electrons. The summed E-state index contributed by atoms with van der Waals surface area (Å²) in [4.78, 5) is 23.9. The number of aromatic nitrogens is 3. The largest absolute Gasteiger partial charge is 0.345 e. The number of pyridine rings is 1. The van der Waals surface area contributed by atoms with Crippen LogP contribution in [0, 0.1) is 6.92 Å². The fourth-order valence-electron chi connectivity index (χ4n) is 1.50. The number of nitrogens with zero attached hydrogens (tertiary/aromatic N) is 3. The van der Waals surface area contributed by atoms with Crippen molar-refractivity contribution in [3.05, 3.63) is 47.7 Å². The number of hydrogen-bond acceptors (Lipinski definition) is 6. The SMILES string of the molecule is Cc1cccnc1CNC(=O)c1cncc(NN)n1. The van der Waals surface area contributed by atoms with E-state index in [1.807, 2.05) is 19.1 Å². The molecule has 98 valence electrons. The molecule has 0 bridgehead atoms. The number of carbonyl (C=O) groups is 1. The summed E-state index contributed by atoms with van der Waals surface area (Å²) in [6, 6.07) is 3.79. The Morgan fingerprint density at radius 2 is 2.26 bits per heavy atom. The number of nitrogen functional groups attached to an aromatic ring is 1. The van der Waals surface area contributed by atoms with Crippen molar-refractivity contribution in [3.63, 3.8) is 0 Å². The molecule has 0 aliphatic rings. The van der Waals surface area contributed by atoms with Crippen molar-refractivity contribution in [1.82, 2.24) is 20.3 Å². The summed E-state index contributed by atoms with van der Waals surface area (Å²) in [5, 5.41) is 2.73. The van der Waals surface area contributed by atoms with E-state index in [2.05, 4.69) is 25.7 Å². The number of anilines is 1. The quantitative estimate of drug-likeness (QED) is 0.541. The highest BCUT2D eigenvalue weighted by molar-refractivity contribution is 5.92. The fraction of sp³-hybridized carbons (Fsp3) is 0.167. The Kier molecular flexibility index (Phi) is 3.99. The van der Waals surface area contributed by atoms with Crippen molar-refractivity contribution in [2.24, 2.45) is 5.84 Å². The van der Waals surface area contributed by atoms with Crippen molar-refractivity contribution in [3.8, 4) is 0 Å². The van der Waals surface area contributed by atoms with Crippen LogP contribution in [0.25, 0.3) is 0 Å². The molecular weight excluding hydrogens is 244 g/mol. The van der Waals surface area contributed by atoms with Gasteiger partial charge in [0.1, 0.15) is 5.69 Å². The van der Waals surface area contributed by atoms with Crippen LogP contribution < -0.4 is 16.6 Å².